The number of rotatable bonds is 16. The molecule has 0 spiro atoms. The van der Waals surface area contributed by atoms with Crippen molar-refractivity contribution in [1.82, 2.24) is 10.2 Å². The van der Waals surface area contributed by atoms with Crippen molar-refractivity contribution >= 4 is 23.2 Å². The van der Waals surface area contributed by atoms with Gasteiger partial charge in [-0.15, -0.1) is 6.58 Å². The molecule has 0 bridgehead atoms. The Labute approximate surface area is 313 Å². The molecule has 4 aromatic rings. The Kier molecular flexibility index (Phi) is 13.5. The van der Waals surface area contributed by atoms with E-state index in [1.54, 1.807) is 12.1 Å². The van der Waals surface area contributed by atoms with Crippen LogP contribution in [0.2, 0.25) is 0 Å². The Morgan fingerprint density at radius 1 is 0.868 bits per heavy atom. The number of nitrogen functional groups attached to an aromatic ring is 1. The number of nitrogens with two attached hydrogens (primary N) is 1. The van der Waals surface area contributed by atoms with Crippen LogP contribution in [0.1, 0.15) is 86.0 Å². The summed E-state index contributed by atoms with van der Waals surface area (Å²) in [4.78, 5) is 27.6. The SMILES string of the molecule is C=CCN(CC1CC(c2ccc(CO)cc2)OC(c2ccc(-c3ccccc3CNC(=O)CCCC(=O)Nc3ccccc3N)cc2)O1)C1CCCC1. The Bertz CT molecular complexity index is 1810. The van der Waals surface area contributed by atoms with Crippen molar-refractivity contribution in [2.24, 2.45) is 0 Å². The van der Waals surface area contributed by atoms with Crippen molar-refractivity contribution in [3.05, 3.63) is 132 Å². The van der Waals surface area contributed by atoms with Gasteiger partial charge in [0.05, 0.1) is 30.2 Å². The van der Waals surface area contributed by atoms with E-state index in [9.17, 15) is 14.7 Å². The van der Waals surface area contributed by atoms with Gasteiger partial charge in [0.1, 0.15) is 0 Å². The quantitative estimate of drug-likeness (QED) is 0.0688. The highest BCUT2D eigenvalue weighted by atomic mass is 16.7. The maximum atomic E-state index is 12.7. The third kappa shape index (κ3) is 10.4. The Morgan fingerprint density at radius 3 is 2.30 bits per heavy atom. The van der Waals surface area contributed by atoms with Crippen LogP contribution in [0.15, 0.2) is 110 Å². The minimum absolute atomic E-state index is 0.00607. The van der Waals surface area contributed by atoms with Crippen molar-refractivity contribution in [2.45, 2.75) is 89.1 Å². The molecule has 53 heavy (non-hydrogen) atoms. The molecule has 2 amide bonds. The summed E-state index contributed by atoms with van der Waals surface area (Å²) in [6.07, 6.45) is 7.87. The van der Waals surface area contributed by atoms with Gasteiger partial charge in [0, 0.05) is 50.5 Å². The van der Waals surface area contributed by atoms with Gasteiger partial charge in [-0.2, -0.15) is 0 Å². The topological polar surface area (TPSA) is 126 Å². The molecule has 0 radical (unpaired) electrons. The number of carbonyl (C=O) groups is 2. The van der Waals surface area contributed by atoms with Crippen molar-refractivity contribution in [2.75, 3.05) is 24.1 Å². The van der Waals surface area contributed by atoms with Crippen molar-refractivity contribution in [3.63, 3.8) is 0 Å². The largest absolute Gasteiger partial charge is 0.397 e. The summed E-state index contributed by atoms with van der Waals surface area (Å²) in [5.41, 5.74) is 12.9. The normalized spacial score (nSPS) is 18.9. The molecule has 1 aliphatic heterocycles. The number of benzene rings is 4. The predicted molar refractivity (Wildman–Crippen MR) is 210 cm³/mol. The second-order valence-corrected chi connectivity index (χ2v) is 14.1. The molecule has 2 aliphatic rings. The summed E-state index contributed by atoms with van der Waals surface area (Å²) in [6.45, 7) is 6.06. The number of aliphatic hydroxyl groups is 1. The molecule has 2 fully saturated rings. The van der Waals surface area contributed by atoms with Crippen LogP contribution in [0, 0.1) is 0 Å². The highest BCUT2D eigenvalue weighted by molar-refractivity contribution is 5.94. The van der Waals surface area contributed by atoms with E-state index < -0.39 is 6.29 Å². The molecule has 1 heterocycles. The number of para-hydroxylation sites is 2. The van der Waals surface area contributed by atoms with Gasteiger partial charge >= 0.3 is 0 Å². The standard InChI is InChI=1S/C44H52N4O5/c1-2-26-48(36-11-4-5-12-36)29-37-27-41(33-20-18-31(30-49)19-21-33)53-44(52-37)34-24-22-32(23-25-34)38-13-6-3-10-35(38)28-46-42(50)16-9-17-43(51)47-40-15-8-7-14-39(40)45/h2-3,6-8,10,13-15,18-25,36-37,41,44,49H,1,4-5,9,11-12,16-17,26-30,45H2,(H,46,50)(H,47,51). The van der Waals surface area contributed by atoms with Crippen LogP contribution in [0.5, 0.6) is 0 Å². The molecule has 9 nitrogen and oxygen atoms in total. The van der Waals surface area contributed by atoms with Gasteiger partial charge in [-0.1, -0.05) is 104 Å². The van der Waals surface area contributed by atoms with E-state index in [0.29, 0.717) is 30.4 Å². The van der Waals surface area contributed by atoms with E-state index in [2.05, 4.69) is 52.4 Å². The Balaban J connectivity index is 1.09. The van der Waals surface area contributed by atoms with Gasteiger partial charge in [-0.05, 0) is 59.2 Å². The number of anilines is 2. The minimum Gasteiger partial charge on any atom is -0.397 e. The number of ether oxygens (including phenoxy) is 2. The van der Waals surface area contributed by atoms with Gasteiger partial charge in [0.2, 0.25) is 11.8 Å². The van der Waals surface area contributed by atoms with Gasteiger partial charge in [-0.25, -0.2) is 0 Å². The molecule has 5 N–H and O–H groups in total. The number of aliphatic hydroxyl groups excluding tert-OH is 1. The molecule has 0 aromatic heterocycles. The molecule has 4 aromatic carbocycles. The summed E-state index contributed by atoms with van der Waals surface area (Å²) in [5, 5.41) is 15.4. The van der Waals surface area contributed by atoms with Gasteiger partial charge < -0.3 is 30.9 Å². The monoisotopic (exact) mass is 716 g/mol. The summed E-state index contributed by atoms with van der Waals surface area (Å²) in [7, 11) is 0. The van der Waals surface area contributed by atoms with Gasteiger partial charge in [-0.3, -0.25) is 14.5 Å². The Morgan fingerprint density at radius 2 is 1.57 bits per heavy atom. The van der Waals surface area contributed by atoms with Crippen LogP contribution < -0.4 is 16.4 Å². The smallest absolute Gasteiger partial charge is 0.224 e. The first-order valence-electron chi connectivity index (χ1n) is 18.8. The van der Waals surface area contributed by atoms with Crippen LogP contribution in [0.3, 0.4) is 0 Å². The molecule has 1 saturated carbocycles. The minimum atomic E-state index is -0.541. The number of carbonyl (C=O) groups excluding carboxylic acids is 2. The average Bonchev–Trinajstić information content (AvgIpc) is 3.73. The molecule has 278 valence electrons. The first-order chi connectivity index (χ1) is 25.9. The molecule has 1 aliphatic carbocycles. The van der Waals surface area contributed by atoms with Gasteiger partial charge in [0.25, 0.3) is 0 Å². The zero-order chi connectivity index (χ0) is 37.0. The third-order valence-corrected chi connectivity index (χ3v) is 10.3. The van der Waals surface area contributed by atoms with E-state index in [4.69, 9.17) is 15.2 Å². The fourth-order valence-electron chi connectivity index (χ4n) is 7.39. The van der Waals surface area contributed by atoms with Crippen LogP contribution in [-0.2, 0) is 32.2 Å². The second kappa shape index (κ2) is 18.8. The van der Waals surface area contributed by atoms with Crippen LogP contribution in [-0.4, -0.2) is 47.1 Å². The lowest BCUT2D eigenvalue weighted by Gasteiger charge is -2.39. The second-order valence-electron chi connectivity index (χ2n) is 14.1. The number of hydrogen-bond acceptors (Lipinski definition) is 7. The highest BCUT2D eigenvalue weighted by Crippen LogP contribution is 2.39. The lowest BCUT2D eigenvalue weighted by atomic mass is 9.97. The zero-order valence-electron chi connectivity index (χ0n) is 30.4. The highest BCUT2D eigenvalue weighted by Gasteiger charge is 2.34. The van der Waals surface area contributed by atoms with E-state index >= 15 is 0 Å². The maximum absolute atomic E-state index is 12.7. The van der Waals surface area contributed by atoms with E-state index in [0.717, 1.165) is 52.9 Å². The molecule has 6 rings (SSSR count). The van der Waals surface area contributed by atoms with Crippen molar-refractivity contribution in [3.8, 4) is 11.1 Å². The number of amides is 2. The van der Waals surface area contributed by atoms with Gasteiger partial charge in [0.15, 0.2) is 6.29 Å². The summed E-state index contributed by atoms with van der Waals surface area (Å²) >= 11 is 0. The lowest BCUT2D eigenvalue weighted by Crippen LogP contribution is -2.43. The number of hydrogen-bond donors (Lipinski definition) is 4. The first kappa shape index (κ1) is 37.9. The molecular weight excluding hydrogens is 665 g/mol. The molecule has 1 saturated heterocycles. The number of nitrogens with one attached hydrogen (secondary N) is 2. The fourth-order valence-corrected chi connectivity index (χ4v) is 7.39. The lowest BCUT2D eigenvalue weighted by molar-refractivity contribution is -0.253. The van der Waals surface area contributed by atoms with E-state index in [1.807, 2.05) is 60.7 Å². The maximum Gasteiger partial charge on any atom is 0.224 e. The third-order valence-electron chi connectivity index (χ3n) is 10.3. The first-order valence-corrected chi connectivity index (χ1v) is 18.8. The van der Waals surface area contributed by atoms with Crippen molar-refractivity contribution < 1.29 is 24.2 Å². The Hall–Kier alpha value is -4.80. The summed E-state index contributed by atoms with van der Waals surface area (Å²) in [6, 6.07) is 32.0. The average molecular weight is 717 g/mol. The molecule has 3 atom stereocenters. The van der Waals surface area contributed by atoms with Crippen LogP contribution >= 0.6 is 0 Å². The molecule has 3 unspecified atom stereocenters. The predicted octanol–water partition coefficient (Wildman–Crippen LogP) is 7.83. The molecule has 9 heteroatoms. The van der Waals surface area contributed by atoms with E-state index in [-0.39, 0.29) is 43.5 Å². The summed E-state index contributed by atoms with van der Waals surface area (Å²) in [5.74, 6) is -0.279. The fraction of sp³-hybridized carbons (Fsp3) is 0.364. The zero-order valence-corrected chi connectivity index (χ0v) is 30.4. The van der Waals surface area contributed by atoms with Crippen molar-refractivity contribution in [1.29, 1.82) is 0 Å². The summed E-state index contributed by atoms with van der Waals surface area (Å²) < 4.78 is 13.3. The van der Waals surface area contributed by atoms with Crippen LogP contribution in [0.4, 0.5) is 11.4 Å². The number of nitrogens with zero attached hydrogens (tertiary/aromatic N) is 1. The molecular formula is C44H52N4O5. The van der Waals surface area contributed by atoms with E-state index in [1.165, 1.54) is 25.7 Å². The van der Waals surface area contributed by atoms with Crippen LogP contribution in [0.25, 0.3) is 11.1 Å².